The van der Waals surface area contributed by atoms with Crippen molar-refractivity contribution in [2.24, 2.45) is 5.73 Å². The van der Waals surface area contributed by atoms with E-state index in [2.05, 4.69) is 43.1 Å². The van der Waals surface area contributed by atoms with Crippen molar-refractivity contribution in [1.29, 1.82) is 0 Å². The predicted molar refractivity (Wildman–Crippen MR) is 99.7 cm³/mol. The van der Waals surface area contributed by atoms with Gasteiger partial charge in [-0.15, -0.1) is 0 Å². The number of aryl methyl sites for hydroxylation is 1. The summed E-state index contributed by atoms with van der Waals surface area (Å²) >= 11 is 0. The van der Waals surface area contributed by atoms with Crippen LogP contribution in [0.5, 0.6) is 0 Å². The maximum absolute atomic E-state index is 6.00. The summed E-state index contributed by atoms with van der Waals surface area (Å²) in [5.41, 5.74) is 8.24. The van der Waals surface area contributed by atoms with Gasteiger partial charge in [-0.25, -0.2) is 4.98 Å². The van der Waals surface area contributed by atoms with Crippen LogP contribution in [-0.2, 0) is 4.74 Å². The van der Waals surface area contributed by atoms with Gasteiger partial charge in [0.25, 0.3) is 0 Å². The molecule has 24 heavy (non-hydrogen) atoms. The number of morpholine rings is 1. The number of nitrogens with two attached hydrogens (primary N) is 1. The fraction of sp³-hybridized carbons (Fsp3) is 0.737. The first-order valence-electron chi connectivity index (χ1n) is 9.45. The number of nitrogens with one attached hydrogen (secondary N) is 1. The average Bonchev–Trinajstić information content (AvgIpc) is 2.58. The molecule has 0 spiro atoms. The fourth-order valence-corrected chi connectivity index (χ4v) is 3.82. The summed E-state index contributed by atoms with van der Waals surface area (Å²) in [6.45, 7) is 8.27. The summed E-state index contributed by atoms with van der Waals surface area (Å²) in [5.74, 6) is 1.07. The van der Waals surface area contributed by atoms with E-state index < -0.39 is 0 Å². The smallest absolute Gasteiger partial charge is 0.129 e. The van der Waals surface area contributed by atoms with Crippen molar-refractivity contribution >= 4 is 11.5 Å². The molecule has 0 amide bonds. The highest BCUT2D eigenvalue weighted by Gasteiger charge is 2.25. The Balaban J connectivity index is 1.66. The molecule has 5 heteroatoms. The normalized spacial score (nSPS) is 31.1. The molecule has 0 bridgehead atoms. The highest BCUT2D eigenvalue weighted by molar-refractivity contribution is 5.54. The molecule has 1 aromatic rings. The van der Waals surface area contributed by atoms with Crippen LogP contribution < -0.4 is 16.0 Å². The Kier molecular flexibility index (Phi) is 5.61. The minimum Gasteiger partial charge on any atom is -0.381 e. The van der Waals surface area contributed by atoms with E-state index in [9.17, 15) is 0 Å². The van der Waals surface area contributed by atoms with Crippen molar-refractivity contribution in [3.05, 3.63) is 17.8 Å². The number of ether oxygens (including phenoxy) is 1. The quantitative estimate of drug-likeness (QED) is 0.887. The zero-order valence-electron chi connectivity index (χ0n) is 15.3. The van der Waals surface area contributed by atoms with E-state index in [1.54, 1.807) is 0 Å². The van der Waals surface area contributed by atoms with Gasteiger partial charge in [0.2, 0.25) is 0 Å². The molecular formula is C19H32N4O. The lowest BCUT2D eigenvalue weighted by atomic mass is 9.91. The first kappa shape index (κ1) is 17.5. The van der Waals surface area contributed by atoms with Crippen LogP contribution in [0.1, 0.15) is 51.6 Å². The third kappa shape index (κ3) is 4.19. The molecule has 0 radical (unpaired) electrons. The number of anilines is 2. The number of nitrogens with zero attached hydrogens (tertiary/aromatic N) is 2. The fourth-order valence-electron chi connectivity index (χ4n) is 3.82. The Bertz CT molecular complexity index is 542. The van der Waals surface area contributed by atoms with Gasteiger partial charge in [0.05, 0.1) is 23.6 Å². The second-order valence-electron chi connectivity index (χ2n) is 7.44. The van der Waals surface area contributed by atoms with Crippen molar-refractivity contribution in [2.45, 2.75) is 77.2 Å². The molecule has 0 aromatic carbocycles. The lowest BCUT2D eigenvalue weighted by Gasteiger charge is -2.37. The Morgan fingerprint density at radius 2 is 2.00 bits per heavy atom. The van der Waals surface area contributed by atoms with Gasteiger partial charge in [0.1, 0.15) is 5.82 Å². The summed E-state index contributed by atoms with van der Waals surface area (Å²) in [4.78, 5) is 7.22. The van der Waals surface area contributed by atoms with Gasteiger partial charge in [-0.1, -0.05) is 6.92 Å². The molecule has 1 aliphatic carbocycles. The Labute approximate surface area is 146 Å². The lowest BCUT2D eigenvalue weighted by Crippen LogP contribution is -2.46. The topological polar surface area (TPSA) is 63.4 Å². The Morgan fingerprint density at radius 3 is 2.67 bits per heavy atom. The van der Waals surface area contributed by atoms with Gasteiger partial charge >= 0.3 is 0 Å². The maximum Gasteiger partial charge on any atom is 0.129 e. The number of hydrogen-bond donors (Lipinski definition) is 2. The monoisotopic (exact) mass is 332 g/mol. The van der Waals surface area contributed by atoms with Crippen LogP contribution in [0.25, 0.3) is 0 Å². The van der Waals surface area contributed by atoms with E-state index in [-0.39, 0.29) is 6.10 Å². The number of aromatic nitrogens is 1. The molecule has 1 aliphatic heterocycles. The molecular weight excluding hydrogens is 300 g/mol. The highest BCUT2D eigenvalue weighted by Crippen LogP contribution is 2.26. The third-order valence-electron chi connectivity index (χ3n) is 5.31. The SMILES string of the molecule is CC[C@@H]1CN(c2ccc(NC3CCC(N)CC3)c(C)n2)C[C@H](C)O1. The number of hydrogen-bond acceptors (Lipinski definition) is 5. The molecule has 2 atom stereocenters. The zero-order chi connectivity index (χ0) is 17.1. The Morgan fingerprint density at radius 1 is 1.25 bits per heavy atom. The molecule has 2 heterocycles. The summed E-state index contributed by atoms with van der Waals surface area (Å²) in [6.07, 6.45) is 6.15. The summed E-state index contributed by atoms with van der Waals surface area (Å²) < 4.78 is 5.96. The third-order valence-corrected chi connectivity index (χ3v) is 5.31. The van der Waals surface area contributed by atoms with E-state index in [1.165, 1.54) is 0 Å². The van der Waals surface area contributed by atoms with Gasteiger partial charge in [-0.05, 0) is 58.1 Å². The average molecular weight is 332 g/mol. The van der Waals surface area contributed by atoms with Crippen LogP contribution in [0.4, 0.5) is 11.5 Å². The molecule has 3 rings (SSSR count). The van der Waals surface area contributed by atoms with Gasteiger partial charge < -0.3 is 20.7 Å². The second-order valence-corrected chi connectivity index (χ2v) is 7.44. The van der Waals surface area contributed by atoms with Crippen molar-refractivity contribution in [3.63, 3.8) is 0 Å². The van der Waals surface area contributed by atoms with Crippen LogP contribution in [0.2, 0.25) is 0 Å². The summed E-state index contributed by atoms with van der Waals surface area (Å²) in [7, 11) is 0. The van der Waals surface area contributed by atoms with Gasteiger partial charge in [-0.2, -0.15) is 0 Å². The summed E-state index contributed by atoms with van der Waals surface area (Å²) in [6, 6.07) is 5.26. The van der Waals surface area contributed by atoms with Crippen molar-refractivity contribution in [3.8, 4) is 0 Å². The number of pyridine rings is 1. The highest BCUT2D eigenvalue weighted by atomic mass is 16.5. The van der Waals surface area contributed by atoms with Crippen LogP contribution in [0.15, 0.2) is 12.1 Å². The molecule has 1 aromatic heterocycles. The van der Waals surface area contributed by atoms with Crippen molar-refractivity contribution < 1.29 is 4.74 Å². The minimum absolute atomic E-state index is 0.259. The van der Waals surface area contributed by atoms with Crippen LogP contribution >= 0.6 is 0 Å². The lowest BCUT2D eigenvalue weighted by molar-refractivity contribution is -0.0174. The molecule has 5 nitrogen and oxygen atoms in total. The standard InChI is InChI=1S/C19H32N4O/c1-4-17-12-23(11-13(2)24-17)19-10-9-18(14(3)21-19)22-16-7-5-15(20)6-8-16/h9-10,13,15-17,22H,4-8,11-12,20H2,1-3H3/t13-,15?,16?,17+/m0/s1. The van der Waals surface area contributed by atoms with E-state index in [1.807, 2.05) is 0 Å². The summed E-state index contributed by atoms with van der Waals surface area (Å²) in [5, 5.41) is 3.67. The first-order valence-corrected chi connectivity index (χ1v) is 9.45. The minimum atomic E-state index is 0.259. The molecule has 1 saturated carbocycles. The van der Waals surface area contributed by atoms with Gasteiger partial charge in [-0.3, -0.25) is 0 Å². The second kappa shape index (κ2) is 7.70. The largest absolute Gasteiger partial charge is 0.381 e. The molecule has 134 valence electrons. The Hall–Kier alpha value is -1.33. The van der Waals surface area contributed by atoms with Crippen molar-refractivity contribution in [2.75, 3.05) is 23.3 Å². The zero-order valence-corrected chi connectivity index (χ0v) is 15.3. The van der Waals surface area contributed by atoms with Gasteiger partial charge in [0, 0.05) is 25.2 Å². The van der Waals surface area contributed by atoms with Crippen molar-refractivity contribution in [1.82, 2.24) is 4.98 Å². The van der Waals surface area contributed by atoms with E-state index in [0.717, 1.165) is 62.4 Å². The van der Waals surface area contributed by atoms with Crippen LogP contribution in [-0.4, -0.2) is 42.4 Å². The predicted octanol–water partition coefficient (Wildman–Crippen LogP) is 3.08. The molecule has 1 saturated heterocycles. The molecule has 0 unspecified atom stereocenters. The number of rotatable bonds is 4. The van der Waals surface area contributed by atoms with E-state index >= 15 is 0 Å². The van der Waals surface area contributed by atoms with Gasteiger partial charge in [0.15, 0.2) is 0 Å². The van der Waals surface area contributed by atoms with Crippen LogP contribution in [0.3, 0.4) is 0 Å². The first-order chi connectivity index (χ1) is 11.5. The van der Waals surface area contributed by atoms with Crippen LogP contribution in [0, 0.1) is 6.92 Å². The van der Waals surface area contributed by atoms with E-state index in [0.29, 0.717) is 18.2 Å². The maximum atomic E-state index is 6.00. The molecule has 3 N–H and O–H groups in total. The van der Waals surface area contributed by atoms with E-state index in [4.69, 9.17) is 15.5 Å². The molecule has 2 aliphatic rings. The molecule has 2 fully saturated rings.